The summed E-state index contributed by atoms with van der Waals surface area (Å²) in [6.07, 6.45) is 2.10. The number of piperidine rings is 1. The van der Waals surface area contributed by atoms with Crippen molar-refractivity contribution in [1.29, 1.82) is 0 Å². The summed E-state index contributed by atoms with van der Waals surface area (Å²) in [5.41, 5.74) is 0.264. The molecule has 0 radical (unpaired) electrons. The summed E-state index contributed by atoms with van der Waals surface area (Å²) >= 11 is 0. The van der Waals surface area contributed by atoms with Gasteiger partial charge in [0.25, 0.3) is 0 Å². The van der Waals surface area contributed by atoms with E-state index in [2.05, 4.69) is 53.6 Å². The number of hydrogen-bond acceptors (Lipinski definition) is 4. The predicted octanol–water partition coefficient (Wildman–Crippen LogP) is 1.22. The van der Waals surface area contributed by atoms with Gasteiger partial charge in [0, 0.05) is 17.0 Å². The highest BCUT2D eigenvalue weighted by Crippen LogP contribution is 2.37. The fraction of sp³-hybridized carbons (Fsp3) is 0.900. The van der Waals surface area contributed by atoms with Gasteiger partial charge in [-0.2, -0.15) is 5.21 Å². The van der Waals surface area contributed by atoms with Crippen LogP contribution in [0.25, 0.3) is 0 Å². The lowest BCUT2D eigenvalue weighted by atomic mass is 9.75. The topological polar surface area (TPSA) is 66.5 Å². The number of rotatable bonds is 1. The standard InChI is InChI=1S/C10H19N5/c1-9(2)5-7(6-10(3,4)13-9)8-11-14-15-12-8/h7,13H,5-6H2,1-4H3,(H,11,12,14,15). The Morgan fingerprint density at radius 2 is 1.73 bits per heavy atom. The van der Waals surface area contributed by atoms with Crippen molar-refractivity contribution in [2.24, 2.45) is 0 Å². The zero-order valence-corrected chi connectivity index (χ0v) is 9.83. The molecular formula is C10H19N5. The van der Waals surface area contributed by atoms with Crippen LogP contribution < -0.4 is 5.32 Å². The second-order valence-corrected chi connectivity index (χ2v) is 5.77. The van der Waals surface area contributed by atoms with Gasteiger partial charge in [-0.05, 0) is 40.5 Å². The molecule has 1 aliphatic heterocycles. The average Bonchev–Trinajstić information content (AvgIpc) is 2.48. The van der Waals surface area contributed by atoms with Crippen molar-refractivity contribution < 1.29 is 0 Å². The zero-order valence-electron chi connectivity index (χ0n) is 9.83. The van der Waals surface area contributed by atoms with E-state index < -0.39 is 0 Å². The molecule has 2 rings (SSSR count). The summed E-state index contributed by atoms with van der Waals surface area (Å²) in [5, 5.41) is 18.0. The first-order valence-corrected chi connectivity index (χ1v) is 5.41. The molecule has 0 saturated carbocycles. The highest BCUT2D eigenvalue weighted by molar-refractivity contribution is 5.06. The lowest BCUT2D eigenvalue weighted by molar-refractivity contribution is 0.158. The Morgan fingerprint density at radius 1 is 1.13 bits per heavy atom. The van der Waals surface area contributed by atoms with Gasteiger partial charge in [0.05, 0.1) is 0 Å². The van der Waals surface area contributed by atoms with Gasteiger partial charge in [-0.3, -0.25) is 0 Å². The third-order valence-corrected chi connectivity index (χ3v) is 2.92. The molecule has 0 atom stereocenters. The molecule has 1 fully saturated rings. The maximum atomic E-state index is 4.10. The van der Waals surface area contributed by atoms with E-state index >= 15 is 0 Å². The highest BCUT2D eigenvalue weighted by Gasteiger charge is 2.39. The van der Waals surface area contributed by atoms with E-state index in [9.17, 15) is 0 Å². The van der Waals surface area contributed by atoms with Crippen LogP contribution in [-0.2, 0) is 0 Å². The van der Waals surface area contributed by atoms with Crippen LogP contribution in [0.15, 0.2) is 0 Å². The van der Waals surface area contributed by atoms with Crippen LogP contribution in [0.5, 0.6) is 0 Å². The van der Waals surface area contributed by atoms with Crippen molar-refractivity contribution >= 4 is 0 Å². The monoisotopic (exact) mass is 209 g/mol. The lowest BCUT2D eigenvalue weighted by Crippen LogP contribution is -2.57. The summed E-state index contributed by atoms with van der Waals surface area (Å²) in [4.78, 5) is 0. The molecule has 1 aromatic heterocycles. The molecule has 0 aliphatic carbocycles. The minimum atomic E-state index is 0.132. The summed E-state index contributed by atoms with van der Waals surface area (Å²) in [6.45, 7) is 8.89. The normalized spacial score (nSPS) is 25.3. The molecule has 15 heavy (non-hydrogen) atoms. The highest BCUT2D eigenvalue weighted by atomic mass is 15.5. The molecule has 0 aromatic carbocycles. The first-order valence-electron chi connectivity index (χ1n) is 5.41. The van der Waals surface area contributed by atoms with Crippen LogP contribution in [0.4, 0.5) is 0 Å². The Labute approximate surface area is 90.0 Å². The van der Waals surface area contributed by atoms with Gasteiger partial charge in [0.15, 0.2) is 5.82 Å². The van der Waals surface area contributed by atoms with E-state index in [4.69, 9.17) is 0 Å². The van der Waals surface area contributed by atoms with Gasteiger partial charge >= 0.3 is 0 Å². The van der Waals surface area contributed by atoms with Gasteiger partial charge in [-0.15, -0.1) is 10.2 Å². The number of H-pyrrole nitrogens is 1. The number of nitrogens with zero attached hydrogens (tertiary/aromatic N) is 3. The summed E-state index contributed by atoms with van der Waals surface area (Å²) in [7, 11) is 0. The van der Waals surface area contributed by atoms with Gasteiger partial charge in [-0.25, -0.2) is 0 Å². The zero-order chi connectivity index (χ0) is 11.1. The predicted molar refractivity (Wildman–Crippen MR) is 57.4 cm³/mol. The molecule has 1 aromatic rings. The maximum absolute atomic E-state index is 4.10. The van der Waals surface area contributed by atoms with E-state index in [0.29, 0.717) is 5.92 Å². The van der Waals surface area contributed by atoms with E-state index in [1.165, 1.54) is 0 Å². The largest absolute Gasteiger partial charge is 0.307 e. The van der Waals surface area contributed by atoms with Gasteiger partial charge in [0.1, 0.15) is 0 Å². The van der Waals surface area contributed by atoms with E-state index in [1.54, 1.807) is 0 Å². The van der Waals surface area contributed by atoms with E-state index in [0.717, 1.165) is 18.7 Å². The molecule has 1 saturated heterocycles. The lowest BCUT2D eigenvalue weighted by Gasteiger charge is -2.45. The average molecular weight is 209 g/mol. The van der Waals surface area contributed by atoms with Crippen LogP contribution in [0, 0.1) is 0 Å². The molecule has 0 unspecified atom stereocenters. The molecule has 0 amide bonds. The fourth-order valence-corrected chi connectivity index (χ4v) is 2.85. The molecule has 84 valence electrons. The smallest absolute Gasteiger partial charge is 0.177 e. The van der Waals surface area contributed by atoms with Crippen molar-refractivity contribution in [3.8, 4) is 0 Å². The second kappa shape index (κ2) is 3.27. The molecule has 2 heterocycles. The Balaban J connectivity index is 2.21. The molecule has 0 bridgehead atoms. The number of hydrogen-bond donors (Lipinski definition) is 2. The SMILES string of the molecule is CC1(C)CC(c2nn[nH]n2)CC(C)(C)N1. The van der Waals surface area contributed by atoms with Crippen molar-refractivity contribution in [3.05, 3.63) is 5.82 Å². The molecular weight excluding hydrogens is 190 g/mol. The van der Waals surface area contributed by atoms with Crippen molar-refractivity contribution in [3.63, 3.8) is 0 Å². The van der Waals surface area contributed by atoms with Gasteiger partial charge in [0.2, 0.25) is 0 Å². The molecule has 0 spiro atoms. The number of aromatic amines is 1. The minimum Gasteiger partial charge on any atom is -0.307 e. The third kappa shape index (κ3) is 2.34. The van der Waals surface area contributed by atoms with Crippen LogP contribution in [-0.4, -0.2) is 31.7 Å². The Bertz CT molecular complexity index is 312. The van der Waals surface area contributed by atoms with E-state index in [-0.39, 0.29) is 11.1 Å². The fourth-order valence-electron chi connectivity index (χ4n) is 2.85. The first kappa shape index (κ1) is 10.5. The van der Waals surface area contributed by atoms with E-state index in [1.807, 2.05) is 0 Å². The van der Waals surface area contributed by atoms with Gasteiger partial charge < -0.3 is 5.32 Å². The maximum Gasteiger partial charge on any atom is 0.177 e. The number of aromatic nitrogens is 4. The Kier molecular flexibility index (Phi) is 2.30. The third-order valence-electron chi connectivity index (χ3n) is 2.92. The van der Waals surface area contributed by atoms with Crippen LogP contribution >= 0.6 is 0 Å². The van der Waals surface area contributed by atoms with Crippen LogP contribution in [0.3, 0.4) is 0 Å². The van der Waals surface area contributed by atoms with Crippen molar-refractivity contribution in [2.45, 2.75) is 57.5 Å². The first-order chi connectivity index (χ1) is 6.88. The Morgan fingerprint density at radius 3 is 2.20 bits per heavy atom. The molecule has 2 N–H and O–H groups in total. The van der Waals surface area contributed by atoms with Crippen molar-refractivity contribution in [1.82, 2.24) is 25.9 Å². The van der Waals surface area contributed by atoms with Gasteiger partial charge in [-0.1, -0.05) is 5.21 Å². The second-order valence-electron chi connectivity index (χ2n) is 5.77. The van der Waals surface area contributed by atoms with Crippen molar-refractivity contribution in [2.75, 3.05) is 0 Å². The minimum absolute atomic E-state index is 0.132. The molecule has 1 aliphatic rings. The number of tetrazole rings is 1. The molecule has 5 heteroatoms. The summed E-state index contributed by atoms with van der Waals surface area (Å²) in [5.74, 6) is 1.24. The number of nitrogens with one attached hydrogen (secondary N) is 2. The molecule has 5 nitrogen and oxygen atoms in total. The summed E-state index contributed by atoms with van der Waals surface area (Å²) < 4.78 is 0. The van der Waals surface area contributed by atoms with Crippen LogP contribution in [0.2, 0.25) is 0 Å². The quantitative estimate of drug-likeness (QED) is 0.730. The summed E-state index contributed by atoms with van der Waals surface area (Å²) in [6, 6.07) is 0. The Hall–Kier alpha value is -0.970. The van der Waals surface area contributed by atoms with Crippen LogP contribution in [0.1, 0.15) is 52.3 Å².